The Kier molecular flexibility index (Phi) is 2.39. The molecule has 2 aliphatic heterocycles. The maximum absolute atomic E-state index is 6.09. The fourth-order valence-corrected chi connectivity index (χ4v) is 3.05. The molecule has 0 radical (unpaired) electrons. The minimum absolute atomic E-state index is 0.202. The summed E-state index contributed by atoms with van der Waals surface area (Å²) in [4.78, 5) is 2.30. The second-order valence-electron chi connectivity index (χ2n) is 5.77. The maximum atomic E-state index is 6.09. The summed E-state index contributed by atoms with van der Waals surface area (Å²) in [7, 11) is -1.51. The van der Waals surface area contributed by atoms with Crippen LogP contribution < -0.4 is 0 Å². The molecule has 0 aromatic heterocycles. The Bertz CT molecular complexity index is 293. The van der Waals surface area contributed by atoms with E-state index in [9.17, 15) is 0 Å². The molecule has 2 rings (SSSR count). The van der Waals surface area contributed by atoms with E-state index >= 15 is 0 Å². The molecule has 3 nitrogen and oxygen atoms in total. The molecular weight excluding hydrogens is 206 g/mol. The summed E-state index contributed by atoms with van der Waals surface area (Å²) in [5.74, 6) is 1.04. The van der Waals surface area contributed by atoms with Crippen LogP contribution in [0.4, 0.5) is 0 Å². The topological polar surface area (TPSA) is 21.7 Å². The van der Waals surface area contributed by atoms with Gasteiger partial charge in [-0.1, -0.05) is 0 Å². The molecule has 86 valence electrons. The van der Waals surface area contributed by atoms with Gasteiger partial charge in [-0.05, 0) is 46.0 Å². The van der Waals surface area contributed by atoms with E-state index in [0.29, 0.717) is 6.04 Å². The Hall–Kier alpha value is -0.483. The van der Waals surface area contributed by atoms with Gasteiger partial charge in [-0.2, -0.15) is 0 Å². The normalized spacial score (nSPS) is 29.0. The lowest BCUT2D eigenvalue weighted by Gasteiger charge is -2.35. The van der Waals surface area contributed by atoms with E-state index in [1.807, 2.05) is 0 Å². The quantitative estimate of drug-likeness (QED) is 0.677. The molecule has 0 N–H and O–H groups in total. The summed E-state index contributed by atoms with van der Waals surface area (Å²) >= 11 is 0. The van der Waals surface area contributed by atoms with Crippen molar-refractivity contribution in [3.05, 3.63) is 12.0 Å². The minimum Gasteiger partial charge on any atom is -0.533 e. The highest BCUT2D eigenvalue weighted by Crippen LogP contribution is 2.38. The van der Waals surface area contributed by atoms with Crippen molar-refractivity contribution in [1.29, 1.82) is 0 Å². The lowest BCUT2D eigenvalue weighted by atomic mass is 10.2. The molecule has 0 aromatic rings. The van der Waals surface area contributed by atoms with Crippen LogP contribution in [-0.2, 0) is 9.16 Å². The first kappa shape index (κ1) is 11.0. The van der Waals surface area contributed by atoms with Crippen molar-refractivity contribution in [2.24, 2.45) is 0 Å². The van der Waals surface area contributed by atoms with Crippen LogP contribution in [-0.4, -0.2) is 31.6 Å². The van der Waals surface area contributed by atoms with Crippen molar-refractivity contribution in [2.45, 2.75) is 51.7 Å². The van der Waals surface area contributed by atoms with Crippen LogP contribution in [0.1, 0.15) is 20.3 Å². The number of fused-ring (bicyclic) bond motifs is 1. The Morgan fingerprint density at radius 2 is 2.13 bits per heavy atom. The average Bonchev–Trinajstić information content (AvgIpc) is 2.53. The summed E-state index contributed by atoms with van der Waals surface area (Å²) in [5.41, 5.74) is -0.202. The van der Waals surface area contributed by atoms with Crippen molar-refractivity contribution in [3.8, 4) is 0 Å². The molecule has 1 fully saturated rings. The van der Waals surface area contributed by atoms with Crippen LogP contribution in [0.3, 0.4) is 0 Å². The first-order valence-electron chi connectivity index (χ1n) is 5.62. The molecule has 0 aromatic carbocycles. The molecule has 4 heteroatoms. The Labute approximate surface area is 93.2 Å². The summed E-state index contributed by atoms with van der Waals surface area (Å²) in [5, 5.41) is 0. The zero-order valence-electron chi connectivity index (χ0n) is 10.3. The van der Waals surface area contributed by atoms with Crippen molar-refractivity contribution >= 4 is 8.32 Å². The molecule has 2 aliphatic rings. The third kappa shape index (κ3) is 2.06. The van der Waals surface area contributed by atoms with Crippen LogP contribution in [0.2, 0.25) is 19.6 Å². The molecule has 0 aliphatic carbocycles. The molecule has 0 amide bonds. The van der Waals surface area contributed by atoms with Crippen molar-refractivity contribution in [1.82, 2.24) is 4.90 Å². The predicted octanol–water partition coefficient (Wildman–Crippen LogP) is 2.52. The van der Waals surface area contributed by atoms with Crippen LogP contribution in [0.15, 0.2) is 12.0 Å². The number of hydrogen-bond donors (Lipinski definition) is 0. The van der Waals surface area contributed by atoms with Crippen LogP contribution >= 0.6 is 0 Å². The van der Waals surface area contributed by atoms with Crippen molar-refractivity contribution in [2.75, 3.05) is 6.61 Å². The predicted molar refractivity (Wildman–Crippen MR) is 62.8 cm³/mol. The zero-order chi connectivity index (χ0) is 11.3. The van der Waals surface area contributed by atoms with Gasteiger partial charge in [0, 0.05) is 0 Å². The number of hydrogen-bond acceptors (Lipinski definition) is 3. The summed E-state index contributed by atoms with van der Waals surface area (Å²) in [6.07, 6.45) is 3.27. The Morgan fingerprint density at radius 1 is 1.47 bits per heavy atom. The monoisotopic (exact) mass is 227 g/mol. The molecule has 0 unspecified atom stereocenters. The van der Waals surface area contributed by atoms with E-state index in [-0.39, 0.29) is 5.72 Å². The van der Waals surface area contributed by atoms with Gasteiger partial charge in [0.25, 0.3) is 0 Å². The van der Waals surface area contributed by atoms with Gasteiger partial charge in [0.05, 0.1) is 12.6 Å². The second-order valence-corrected chi connectivity index (χ2v) is 10.2. The third-order valence-corrected chi connectivity index (χ3v) is 3.61. The van der Waals surface area contributed by atoms with Gasteiger partial charge in [0.15, 0.2) is 5.88 Å². The molecule has 0 saturated carbocycles. The van der Waals surface area contributed by atoms with Crippen LogP contribution in [0.5, 0.6) is 0 Å². The minimum atomic E-state index is -1.51. The smallest absolute Gasteiger partial charge is 0.244 e. The highest BCUT2D eigenvalue weighted by Gasteiger charge is 2.45. The van der Waals surface area contributed by atoms with Crippen LogP contribution in [0, 0.1) is 0 Å². The number of nitrogens with zero attached hydrogens (tertiary/aromatic N) is 1. The molecular formula is C11H21NO2Si. The molecule has 2 heterocycles. The van der Waals surface area contributed by atoms with Gasteiger partial charge in [-0.15, -0.1) is 0 Å². The molecule has 0 spiro atoms. The lowest BCUT2D eigenvalue weighted by Crippen LogP contribution is -2.43. The van der Waals surface area contributed by atoms with Gasteiger partial charge in [0.1, 0.15) is 5.72 Å². The van der Waals surface area contributed by atoms with Crippen molar-refractivity contribution in [3.63, 3.8) is 0 Å². The fourth-order valence-electron chi connectivity index (χ4n) is 2.24. The Balaban J connectivity index is 2.14. The zero-order valence-corrected chi connectivity index (χ0v) is 11.3. The largest absolute Gasteiger partial charge is 0.533 e. The highest BCUT2D eigenvalue weighted by atomic mass is 28.4. The molecule has 0 bridgehead atoms. The van der Waals surface area contributed by atoms with E-state index in [1.165, 1.54) is 0 Å². The van der Waals surface area contributed by atoms with Crippen molar-refractivity contribution < 1.29 is 9.16 Å². The van der Waals surface area contributed by atoms with Crippen LogP contribution in [0.25, 0.3) is 0 Å². The SMILES string of the molecule is CC1(C)OC[C@@H]2CC=C(O[Si](C)(C)C)N21. The van der Waals surface area contributed by atoms with E-state index in [4.69, 9.17) is 9.16 Å². The first-order valence-corrected chi connectivity index (χ1v) is 9.03. The number of ether oxygens (including phenoxy) is 1. The summed E-state index contributed by atoms with van der Waals surface area (Å²) in [6.45, 7) is 11.7. The van der Waals surface area contributed by atoms with E-state index < -0.39 is 8.32 Å². The third-order valence-electron chi connectivity index (χ3n) is 2.79. The van der Waals surface area contributed by atoms with Gasteiger partial charge >= 0.3 is 0 Å². The lowest BCUT2D eigenvalue weighted by molar-refractivity contribution is -0.0505. The van der Waals surface area contributed by atoms with E-state index in [0.717, 1.165) is 18.9 Å². The Morgan fingerprint density at radius 3 is 2.73 bits per heavy atom. The summed E-state index contributed by atoms with van der Waals surface area (Å²) in [6, 6.07) is 0.492. The molecule has 15 heavy (non-hydrogen) atoms. The molecule has 1 atom stereocenters. The standard InChI is InChI=1S/C11H21NO2Si/c1-11(2)12-9(8-13-11)6-7-10(12)14-15(3,4)5/h7,9H,6,8H2,1-5H3/t9-/m0/s1. The number of rotatable bonds is 2. The first-order chi connectivity index (χ1) is 6.80. The van der Waals surface area contributed by atoms with Gasteiger partial charge < -0.3 is 14.1 Å². The average molecular weight is 227 g/mol. The highest BCUT2D eigenvalue weighted by molar-refractivity contribution is 6.70. The van der Waals surface area contributed by atoms with E-state index in [2.05, 4.69) is 44.5 Å². The van der Waals surface area contributed by atoms with Gasteiger partial charge in [-0.25, -0.2) is 0 Å². The van der Waals surface area contributed by atoms with E-state index in [1.54, 1.807) is 0 Å². The second kappa shape index (κ2) is 3.25. The molecule has 1 saturated heterocycles. The maximum Gasteiger partial charge on any atom is 0.244 e. The fraction of sp³-hybridized carbons (Fsp3) is 0.818. The van der Waals surface area contributed by atoms with Gasteiger partial charge in [-0.3, -0.25) is 0 Å². The summed E-state index contributed by atoms with van der Waals surface area (Å²) < 4.78 is 11.9. The van der Waals surface area contributed by atoms with Gasteiger partial charge in [0.2, 0.25) is 8.32 Å².